The first-order chi connectivity index (χ1) is 9.54. The highest BCUT2D eigenvalue weighted by atomic mass is 32.1. The van der Waals surface area contributed by atoms with Crippen molar-refractivity contribution in [3.05, 3.63) is 40.5 Å². The van der Waals surface area contributed by atoms with Crippen LogP contribution in [-0.4, -0.2) is 16.5 Å². The molecule has 108 valence electrons. The van der Waals surface area contributed by atoms with Gasteiger partial charge in [0.15, 0.2) is 0 Å². The SMILES string of the molecule is CCCC(C)NC(=O)c1c(-n2cccc2)sc(C)c1C. The van der Waals surface area contributed by atoms with E-state index in [1.807, 2.05) is 36.0 Å². The van der Waals surface area contributed by atoms with Gasteiger partial charge in [0.1, 0.15) is 5.00 Å². The Morgan fingerprint density at radius 2 is 2.00 bits per heavy atom. The summed E-state index contributed by atoms with van der Waals surface area (Å²) >= 11 is 1.67. The summed E-state index contributed by atoms with van der Waals surface area (Å²) in [6.07, 6.45) is 6.05. The highest BCUT2D eigenvalue weighted by Gasteiger charge is 2.21. The molecular formula is C16H22N2OS. The molecule has 2 rings (SSSR count). The minimum atomic E-state index is 0.0384. The van der Waals surface area contributed by atoms with E-state index in [2.05, 4.69) is 26.1 Å². The molecule has 2 aromatic rings. The van der Waals surface area contributed by atoms with Crippen molar-refractivity contribution in [2.75, 3.05) is 0 Å². The Morgan fingerprint density at radius 3 is 2.60 bits per heavy atom. The van der Waals surface area contributed by atoms with Gasteiger partial charge in [-0.05, 0) is 44.9 Å². The average molecular weight is 290 g/mol. The summed E-state index contributed by atoms with van der Waals surface area (Å²) in [5.74, 6) is 0.0384. The topological polar surface area (TPSA) is 34.0 Å². The second-order valence-corrected chi connectivity index (χ2v) is 6.42. The van der Waals surface area contributed by atoms with Gasteiger partial charge < -0.3 is 9.88 Å². The zero-order valence-corrected chi connectivity index (χ0v) is 13.4. The van der Waals surface area contributed by atoms with Crippen LogP contribution in [0.3, 0.4) is 0 Å². The zero-order chi connectivity index (χ0) is 14.7. The largest absolute Gasteiger partial charge is 0.349 e. The molecule has 3 nitrogen and oxygen atoms in total. The third kappa shape index (κ3) is 2.96. The monoisotopic (exact) mass is 290 g/mol. The lowest BCUT2D eigenvalue weighted by Crippen LogP contribution is -2.33. The van der Waals surface area contributed by atoms with Crippen molar-refractivity contribution < 1.29 is 4.79 Å². The van der Waals surface area contributed by atoms with Gasteiger partial charge in [0, 0.05) is 23.3 Å². The average Bonchev–Trinajstić information content (AvgIpc) is 2.99. The van der Waals surface area contributed by atoms with Gasteiger partial charge in [-0.2, -0.15) is 0 Å². The molecule has 4 heteroatoms. The second-order valence-electron chi connectivity index (χ2n) is 5.22. The molecule has 2 aromatic heterocycles. The number of carbonyl (C=O) groups excluding carboxylic acids is 1. The zero-order valence-electron chi connectivity index (χ0n) is 12.6. The number of nitrogens with one attached hydrogen (secondary N) is 1. The molecular weight excluding hydrogens is 268 g/mol. The second kappa shape index (κ2) is 6.27. The molecule has 0 aromatic carbocycles. The van der Waals surface area contributed by atoms with Crippen molar-refractivity contribution in [1.29, 1.82) is 0 Å². The fourth-order valence-corrected chi connectivity index (χ4v) is 3.45. The lowest BCUT2D eigenvalue weighted by Gasteiger charge is -2.14. The summed E-state index contributed by atoms with van der Waals surface area (Å²) in [7, 11) is 0. The molecule has 0 aliphatic rings. The van der Waals surface area contributed by atoms with E-state index in [1.165, 1.54) is 4.88 Å². The maximum Gasteiger partial charge on any atom is 0.254 e. The maximum absolute atomic E-state index is 12.6. The number of carbonyl (C=O) groups is 1. The smallest absolute Gasteiger partial charge is 0.254 e. The molecule has 0 fully saturated rings. The van der Waals surface area contributed by atoms with E-state index >= 15 is 0 Å². The third-order valence-corrected chi connectivity index (χ3v) is 4.75. The number of hydrogen-bond acceptors (Lipinski definition) is 2. The van der Waals surface area contributed by atoms with Gasteiger partial charge in [0.05, 0.1) is 5.56 Å². The van der Waals surface area contributed by atoms with E-state index in [9.17, 15) is 4.79 Å². The van der Waals surface area contributed by atoms with E-state index in [-0.39, 0.29) is 11.9 Å². The highest BCUT2D eigenvalue weighted by Crippen LogP contribution is 2.31. The van der Waals surface area contributed by atoms with Gasteiger partial charge >= 0.3 is 0 Å². The minimum Gasteiger partial charge on any atom is -0.349 e. The van der Waals surface area contributed by atoms with Crippen molar-refractivity contribution in [2.45, 2.75) is 46.6 Å². The Balaban J connectivity index is 2.33. The van der Waals surface area contributed by atoms with Crippen LogP contribution >= 0.6 is 11.3 Å². The molecule has 1 unspecified atom stereocenters. The lowest BCUT2D eigenvalue weighted by atomic mass is 10.1. The molecule has 0 spiro atoms. The standard InChI is InChI=1S/C16H22N2OS/c1-5-8-11(2)17-15(19)14-12(3)13(4)20-16(14)18-9-6-7-10-18/h6-7,9-11H,5,8H2,1-4H3,(H,17,19). The van der Waals surface area contributed by atoms with Crippen LogP contribution in [0.25, 0.3) is 5.00 Å². The maximum atomic E-state index is 12.6. The fraction of sp³-hybridized carbons (Fsp3) is 0.438. The first-order valence-electron chi connectivity index (χ1n) is 7.08. The van der Waals surface area contributed by atoms with Gasteiger partial charge in [-0.15, -0.1) is 11.3 Å². The summed E-state index contributed by atoms with van der Waals surface area (Å²) in [5, 5.41) is 4.11. The molecule has 0 saturated heterocycles. The third-order valence-electron chi connectivity index (χ3n) is 3.53. The summed E-state index contributed by atoms with van der Waals surface area (Å²) < 4.78 is 2.02. The van der Waals surface area contributed by atoms with E-state index in [4.69, 9.17) is 0 Å². The van der Waals surface area contributed by atoms with Crippen LogP contribution in [0, 0.1) is 13.8 Å². The van der Waals surface area contributed by atoms with Crippen LogP contribution < -0.4 is 5.32 Å². The van der Waals surface area contributed by atoms with Gasteiger partial charge in [-0.25, -0.2) is 0 Å². The molecule has 2 heterocycles. The number of aromatic nitrogens is 1. The van der Waals surface area contributed by atoms with Crippen LogP contribution in [0.15, 0.2) is 24.5 Å². The predicted octanol–water partition coefficient (Wildman–Crippen LogP) is 4.07. The summed E-state index contributed by atoms with van der Waals surface area (Å²) in [4.78, 5) is 13.8. The van der Waals surface area contributed by atoms with Crippen molar-refractivity contribution in [1.82, 2.24) is 9.88 Å². The van der Waals surface area contributed by atoms with Crippen molar-refractivity contribution in [3.8, 4) is 5.00 Å². The van der Waals surface area contributed by atoms with Gasteiger partial charge in [0.2, 0.25) is 0 Å². The molecule has 0 bridgehead atoms. The number of nitrogens with zero attached hydrogens (tertiary/aromatic N) is 1. The molecule has 1 amide bonds. The van der Waals surface area contributed by atoms with E-state index in [0.717, 1.165) is 29.0 Å². The van der Waals surface area contributed by atoms with Crippen molar-refractivity contribution in [3.63, 3.8) is 0 Å². The molecule has 0 aliphatic carbocycles. The molecule has 0 radical (unpaired) electrons. The molecule has 0 aliphatic heterocycles. The van der Waals surface area contributed by atoms with Gasteiger partial charge in [0.25, 0.3) is 5.91 Å². The van der Waals surface area contributed by atoms with Crippen LogP contribution in [0.1, 0.15) is 47.5 Å². The Hall–Kier alpha value is -1.55. The van der Waals surface area contributed by atoms with Crippen LogP contribution in [-0.2, 0) is 0 Å². The Bertz CT molecular complexity index is 584. The first-order valence-corrected chi connectivity index (χ1v) is 7.90. The number of hydrogen-bond donors (Lipinski definition) is 1. The van der Waals surface area contributed by atoms with Gasteiger partial charge in [-0.3, -0.25) is 4.79 Å². The van der Waals surface area contributed by atoms with Crippen LogP contribution in [0.5, 0.6) is 0 Å². The Labute approximate surface area is 124 Å². The summed E-state index contributed by atoms with van der Waals surface area (Å²) in [5.41, 5.74) is 1.89. The Morgan fingerprint density at radius 1 is 1.35 bits per heavy atom. The van der Waals surface area contributed by atoms with E-state index in [1.54, 1.807) is 11.3 Å². The number of thiophene rings is 1. The molecule has 0 saturated carbocycles. The van der Waals surface area contributed by atoms with Crippen molar-refractivity contribution in [2.24, 2.45) is 0 Å². The first kappa shape index (κ1) is 14.9. The summed E-state index contributed by atoms with van der Waals surface area (Å²) in [6, 6.07) is 4.17. The predicted molar refractivity (Wildman–Crippen MR) is 85.0 cm³/mol. The quantitative estimate of drug-likeness (QED) is 0.884. The molecule has 1 N–H and O–H groups in total. The molecule has 20 heavy (non-hydrogen) atoms. The van der Waals surface area contributed by atoms with E-state index < -0.39 is 0 Å². The van der Waals surface area contributed by atoms with E-state index in [0.29, 0.717) is 0 Å². The Kier molecular flexibility index (Phi) is 4.65. The van der Waals surface area contributed by atoms with Crippen LogP contribution in [0.4, 0.5) is 0 Å². The number of aryl methyl sites for hydroxylation is 1. The number of rotatable bonds is 5. The molecule has 1 atom stereocenters. The van der Waals surface area contributed by atoms with Gasteiger partial charge in [-0.1, -0.05) is 13.3 Å². The minimum absolute atomic E-state index is 0.0384. The van der Waals surface area contributed by atoms with Crippen molar-refractivity contribution >= 4 is 17.2 Å². The highest BCUT2D eigenvalue weighted by molar-refractivity contribution is 7.15. The summed E-state index contributed by atoms with van der Waals surface area (Å²) in [6.45, 7) is 8.29. The van der Waals surface area contributed by atoms with Crippen LogP contribution in [0.2, 0.25) is 0 Å². The lowest BCUT2D eigenvalue weighted by molar-refractivity contribution is 0.0938. The number of amides is 1. The normalized spacial score (nSPS) is 12.4. The fourth-order valence-electron chi connectivity index (χ4n) is 2.33.